The molecule has 0 saturated heterocycles. The highest BCUT2D eigenvalue weighted by Gasteiger charge is 2.31. The molecular weight excluding hydrogens is 206 g/mol. The van der Waals surface area contributed by atoms with Gasteiger partial charge in [0.05, 0.1) is 0 Å². The second-order valence-electron chi connectivity index (χ2n) is 6.44. The summed E-state index contributed by atoms with van der Waals surface area (Å²) in [5.41, 5.74) is 6.57. The quantitative estimate of drug-likeness (QED) is 0.720. The fraction of sp³-hybridized carbons (Fsp3) is 1.00. The monoisotopic (exact) mass is 239 g/mol. The average molecular weight is 239 g/mol. The fourth-order valence-electron chi connectivity index (χ4n) is 3.59. The number of nitrogens with two attached hydrogens (primary N) is 1. The molecule has 0 amide bonds. The average Bonchev–Trinajstić information content (AvgIpc) is 2.31. The number of hydrogen-bond donors (Lipinski definition) is 1. The van der Waals surface area contributed by atoms with Crippen molar-refractivity contribution in [2.24, 2.45) is 29.4 Å². The summed E-state index contributed by atoms with van der Waals surface area (Å²) in [5.74, 6) is 3.36. The Balaban J connectivity index is 2.51. The Labute approximate surface area is 109 Å². The Hall–Kier alpha value is -0.0400. The van der Waals surface area contributed by atoms with E-state index in [0.29, 0.717) is 6.04 Å². The molecule has 4 unspecified atom stereocenters. The van der Waals surface area contributed by atoms with E-state index in [9.17, 15) is 0 Å². The molecular formula is C16H33N. The highest BCUT2D eigenvalue weighted by molar-refractivity contribution is 4.85. The first kappa shape index (κ1) is 15.0. The molecule has 0 aromatic heterocycles. The van der Waals surface area contributed by atoms with Crippen LogP contribution in [0.3, 0.4) is 0 Å². The molecule has 0 spiro atoms. The molecule has 1 saturated carbocycles. The maximum absolute atomic E-state index is 6.57. The third-order valence-electron chi connectivity index (χ3n) is 5.05. The van der Waals surface area contributed by atoms with Crippen molar-refractivity contribution in [3.63, 3.8) is 0 Å². The SMILES string of the molecule is CCCC(CCC)C(N)C1CCC(C)C(C)C1. The maximum Gasteiger partial charge on any atom is 0.00957 e. The summed E-state index contributed by atoms with van der Waals surface area (Å²) in [4.78, 5) is 0. The van der Waals surface area contributed by atoms with Gasteiger partial charge < -0.3 is 5.73 Å². The minimum Gasteiger partial charge on any atom is -0.327 e. The molecule has 1 aliphatic carbocycles. The van der Waals surface area contributed by atoms with Gasteiger partial charge in [0.2, 0.25) is 0 Å². The van der Waals surface area contributed by atoms with Gasteiger partial charge in [-0.3, -0.25) is 0 Å². The number of rotatable bonds is 6. The van der Waals surface area contributed by atoms with Gasteiger partial charge in [0.25, 0.3) is 0 Å². The first-order valence-electron chi connectivity index (χ1n) is 7.85. The van der Waals surface area contributed by atoms with Crippen molar-refractivity contribution in [1.29, 1.82) is 0 Å². The Bertz CT molecular complexity index is 196. The van der Waals surface area contributed by atoms with Gasteiger partial charge >= 0.3 is 0 Å². The zero-order valence-corrected chi connectivity index (χ0v) is 12.4. The molecule has 1 nitrogen and oxygen atoms in total. The third-order valence-corrected chi connectivity index (χ3v) is 5.05. The van der Waals surface area contributed by atoms with E-state index in [2.05, 4.69) is 27.7 Å². The van der Waals surface area contributed by atoms with Crippen LogP contribution in [0.1, 0.15) is 72.6 Å². The Morgan fingerprint density at radius 3 is 2.06 bits per heavy atom. The molecule has 0 aliphatic heterocycles. The predicted octanol–water partition coefficient (Wildman–Crippen LogP) is 4.60. The molecule has 1 aliphatic rings. The molecule has 1 heteroatoms. The van der Waals surface area contributed by atoms with Gasteiger partial charge in [-0.1, -0.05) is 47.0 Å². The summed E-state index contributed by atoms with van der Waals surface area (Å²) in [6, 6.07) is 0.463. The van der Waals surface area contributed by atoms with Crippen molar-refractivity contribution in [1.82, 2.24) is 0 Å². The Morgan fingerprint density at radius 1 is 1.00 bits per heavy atom. The van der Waals surface area contributed by atoms with Crippen LogP contribution in [-0.2, 0) is 0 Å². The zero-order valence-electron chi connectivity index (χ0n) is 12.4. The standard InChI is InChI=1S/C16H33N/c1-5-7-14(8-6-2)16(17)15-10-9-12(3)13(4)11-15/h12-16H,5-11,17H2,1-4H3. The Kier molecular flexibility index (Phi) is 6.54. The lowest BCUT2D eigenvalue weighted by molar-refractivity contribution is 0.153. The first-order chi connectivity index (χ1) is 8.10. The van der Waals surface area contributed by atoms with Gasteiger partial charge in [0.15, 0.2) is 0 Å². The maximum atomic E-state index is 6.57. The van der Waals surface area contributed by atoms with Crippen LogP contribution < -0.4 is 5.73 Å². The van der Waals surface area contributed by atoms with Crippen LogP contribution >= 0.6 is 0 Å². The first-order valence-corrected chi connectivity index (χ1v) is 7.85. The molecule has 0 aromatic carbocycles. The molecule has 0 heterocycles. The summed E-state index contributed by atoms with van der Waals surface area (Å²) in [6.07, 6.45) is 9.37. The fourth-order valence-corrected chi connectivity index (χ4v) is 3.59. The summed E-state index contributed by atoms with van der Waals surface area (Å²) in [6.45, 7) is 9.40. The molecule has 2 N–H and O–H groups in total. The molecule has 4 atom stereocenters. The molecule has 0 aromatic rings. The third kappa shape index (κ3) is 4.28. The van der Waals surface area contributed by atoms with E-state index in [1.165, 1.54) is 44.9 Å². The van der Waals surface area contributed by atoms with E-state index in [-0.39, 0.29) is 0 Å². The van der Waals surface area contributed by atoms with Crippen molar-refractivity contribution < 1.29 is 0 Å². The summed E-state index contributed by atoms with van der Waals surface area (Å²) in [5, 5.41) is 0. The van der Waals surface area contributed by atoms with Gasteiger partial charge in [-0.05, 0) is 49.4 Å². The predicted molar refractivity (Wildman–Crippen MR) is 77.0 cm³/mol. The van der Waals surface area contributed by atoms with Crippen LogP contribution in [-0.4, -0.2) is 6.04 Å². The molecule has 17 heavy (non-hydrogen) atoms. The van der Waals surface area contributed by atoms with Gasteiger partial charge in [0.1, 0.15) is 0 Å². The molecule has 0 radical (unpaired) electrons. The lowest BCUT2D eigenvalue weighted by Crippen LogP contribution is -2.41. The summed E-state index contributed by atoms with van der Waals surface area (Å²) >= 11 is 0. The Morgan fingerprint density at radius 2 is 1.59 bits per heavy atom. The van der Waals surface area contributed by atoms with Gasteiger partial charge in [-0.25, -0.2) is 0 Å². The molecule has 1 rings (SSSR count). The van der Waals surface area contributed by atoms with Crippen molar-refractivity contribution in [2.75, 3.05) is 0 Å². The lowest BCUT2D eigenvalue weighted by Gasteiger charge is -2.38. The second kappa shape index (κ2) is 7.41. The van der Waals surface area contributed by atoms with Gasteiger partial charge in [-0.2, -0.15) is 0 Å². The van der Waals surface area contributed by atoms with Crippen LogP contribution in [0, 0.1) is 23.7 Å². The minimum atomic E-state index is 0.463. The van der Waals surface area contributed by atoms with Crippen LogP contribution in [0.4, 0.5) is 0 Å². The zero-order chi connectivity index (χ0) is 12.8. The number of hydrogen-bond acceptors (Lipinski definition) is 1. The van der Waals surface area contributed by atoms with E-state index in [1.54, 1.807) is 0 Å². The smallest absolute Gasteiger partial charge is 0.00957 e. The van der Waals surface area contributed by atoms with Crippen molar-refractivity contribution in [3.05, 3.63) is 0 Å². The van der Waals surface area contributed by atoms with Crippen LogP contribution in [0.25, 0.3) is 0 Å². The van der Waals surface area contributed by atoms with Gasteiger partial charge in [-0.15, -0.1) is 0 Å². The topological polar surface area (TPSA) is 26.0 Å². The van der Waals surface area contributed by atoms with Crippen molar-refractivity contribution >= 4 is 0 Å². The van der Waals surface area contributed by atoms with Crippen LogP contribution in [0.15, 0.2) is 0 Å². The minimum absolute atomic E-state index is 0.463. The van der Waals surface area contributed by atoms with E-state index < -0.39 is 0 Å². The van der Waals surface area contributed by atoms with E-state index in [4.69, 9.17) is 5.73 Å². The largest absolute Gasteiger partial charge is 0.327 e. The van der Waals surface area contributed by atoms with Crippen LogP contribution in [0.2, 0.25) is 0 Å². The molecule has 102 valence electrons. The highest BCUT2D eigenvalue weighted by atomic mass is 14.7. The second-order valence-corrected chi connectivity index (χ2v) is 6.44. The molecule has 1 fully saturated rings. The van der Waals surface area contributed by atoms with Crippen LogP contribution in [0.5, 0.6) is 0 Å². The summed E-state index contributed by atoms with van der Waals surface area (Å²) < 4.78 is 0. The summed E-state index contributed by atoms with van der Waals surface area (Å²) in [7, 11) is 0. The highest BCUT2D eigenvalue weighted by Crippen LogP contribution is 2.37. The van der Waals surface area contributed by atoms with E-state index in [0.717, 1.165) is 23.7 Å². The van der Waals surface area contributed by atoms with Gasteiger partial charge in [0, 0.05) is 6.04 Å². The van der Waals surface area contributed by atoms with E-state index in [1.807, 2.05) is 0 Å². The lowest BCUT2D eigenvalue weighted by atomic mass is 9.70. The van der Waals surface area contributed by atoms with E-state index >= 15 is 0 Å². The molecule has 0 bridgehead atoms. The van der Waals surface area contributed by atoms with Crippen molar-refractivity contribution in [2.45, 2.75) is 78.7 Å². The normalized spacial score (nSPS) is 31.8. The van der Waals surface area contributed by atoms with Crippen molar-refractivity contribution in [3.8, 4) is 0 Å².